The molecule has 3 fully saturated rings. The van der Waals surface area contributed by atoms with E-state index >= 15 is 0 Å². The van der Waals surface area contributed by atoms with E-state index < -0.39 is 29.2 Å². The van der Waals surface area contributed by atoms with Gasteiger partial charge in [0.2, 0.25) is 5.91 Å². The molecule has 218 valence electrons. The Balaban J connectivity index is 1.59. The summed E-state index contributed by atoms with van der Waals surface area (Å²) in [7, 11) is 0. The van der Waals surface area contributed by atoms with Crippen LogP contribution in [0.1, 0.15) is 112 Å². The van der Waals surface area contributed by atoms with Gasteiger partial charge in [0.25, 0.3) is 0 Å². The molecule has 2 saturated carbocycles. The maximum Gasteiger partial charge on any atom is 0.315 e. The standard InChI is InChI=1S/C29H51N3O6/c1-6-7-8-11-15-29(16-12-17-29)32-26(36)31-22-14-10-9-13-20(22)21(25(34)35)18-30-24(33)23-27(2,3)19-37-28(4,5)38-23/h20-23H,6-19H2,1-5H3,(H,30,33)(H,34,35)(H2,31,32,36). The van der Waals surface area contributed by atoms with Crippen LogP contribution in [0.2, 0.25) is 0 Å². The number of ether oxygens (including phenoxy) is 2. The predicted octanol–water partition coefficient (Wildman–Crippen LogP) is 4.73. The van der Waals surface area contributed by atoms with Crippen molar-refractivity contribution < 1.29 is 29.0 Å². The second-order valence-electron chi connectivity index (χ2n) is 13.0. The molecule has 0 aromatic rings. The van der Waals surface area contributed by atoms with E-state index in [1.54, 1.807) is 13.8 Å². The predicted molar refractivity (Wildman–Crippen MR) is 146 cm³/mol. The van der Waals surface area contributed by atoms with Crippen LogP contribution < -0.4 is 16.0 Å². The fourth-order valence-corrected chi connectivity index (χ4v) is 6.24. The van der Waals surface area contributed by atoms with Gasteiger partial charge in [0.05, 0.1) is 12.5 Å². The smallest absolute Gasteiger partial charge is 0.315 e. The van der Waals surface area contributed by atoms with Crippen molar-refractivity contribution in [2.75, 3.05) is 13.2 Å². The van der Waals surface area contributed by atoms with Crippen LogP contribution in [0.15, 0.2) is 0 Å². The van der Waals surface area contributed by atoms with Crippen molar-refractivity contribution in [1.29, 1.82) is 0 Å². The van der Waals surface area contributed by atoms with E-state index in [4.69, 9.17) is 9.47 Å². The van der Waals surface area contributed by atoms with Gasteiger partial charge in [-0.05, 0) is 58.3 Å². The van der Waals surface area contributed by atoms with E-state index in [0.29, 0.717) is 13.0 Å². The van der Waals surface area contributed by atoms with E-state index in [2.05, 4.69) is 22.9 Å². The Morgan fingerprint density at radius 3 is 2.34 bits per heavy atom. The highest BCUT2D eigenvalue weighted by Crippen LogP contribution is 2.37. The minimum atomic E-state index is -0.955. The Morgan fingerprint density at radius 1 is 1.00 bits per heavy atom. The van der Waals surface area contributed by atoms with Crippen molar-refractivity contribution in [3.8, 4) is 0 Å². The van der Waals surface area contributed by atoms with E-state index in [1.165, 1.54) is 19.3 Å². The number of amides is 3. The summed E-state index contributed by atoms with van der Waals surface area (Å²) >= 11 is 0. The van der Waals surface area contributed by atoms with Crippen LogP contribution in [0, 0.1) is 17.3 Å². The molecule has 1 aliphatic heterocycles. The molecule has 3 aliphatic rings. The first-order chi connectivity index (χ1) is 17.9. The van der Waals surface area contributed by atoms with Crippen molar-refractivity contribution in [3.05, 3.63) is 0 Å². The van der Waals surface area contributed by atoms with E-state index in [1.807, 2.05) is 13.8 Å². The molecule has 1 heterocycles. The molecule has 4 unspecified atom stereocenters. The number of carbonyl (C=O) groups is 3. The molecule has 0 spiro atoms. The second-order valence-corrected chi connectivity index (χ2v) is 13.0. The summed E-state index contributed by atoms with van der Waals surface area (Å²) in [5.41, 5.74) is -0.661. The van der Waals surface area contributed by atoms with Gasteiger partial charge < -0.3 is 30.5 Å². The quantitative estimate of drug-likeness (QED) is 0.267. The van der Waals surface area contributed by atoms with Crippen molar-refractivity contribution in [1.82, 2.24) is 16.0 Å². The van der Waals surface area contributed by atoms with E-state index in [9.17, 15) is 19.5 Å². The van der Waals surface area contributed by atoms with Crippen LogP contribution in [-0.4, -0.2) is 59.6 Å². The molecule has 9 heteroatoms. The summed E-state index contributed by atoms with van der Waals surface area (Å²) in [6.07, 6.45) is 11.4. The van der Waals surface area contributed by atoms with Gasteiger partial charge in [-0.1, -0.05) is 59.3 Å². The van der Waals surface area contributed by atoms with Gasteiger partial charge in [-0.3, -0.25) is 9.59 Å². The lowest BCUT2D eigenvalue weighted by Crippen LogP contribution is -2.59. The molecule has 0 bridgehead atoms. The number of urea groups is 1. The lowest BCUT2D eigenvalue weighted by Gasteiger charge is -2.45. The van der Waals surface area contributed by atoms with Gasteiger partial charge in [0.15, 0.2) is 5.79 Å². The Morgan fingerprint density at radius 2 is 1.71 bits per heavy atom. The fraction of sp³-hybridized carbons (Fsp3) is 0.897. The van der Waals surface area contributed by atoms with Gasteiger partial charge in [-0.25, -0.2) is 4.79 Å². The summed E-state index contributed by atoms with van der Waals surface area (Å²) in [6.45, 7) is 9.90. The van der Waals surface area contributed by atoms with Crippen LogP contribution in [0.5, 0.6) is 0 Å². The van der Waals surface area contributed by atoms with Gasteiger partial charge in [0.1, 0.15) is 6.10 Å². The third-order valence-electron chi connectivity index (χ3n) is 8.81. The van der Waals surface area contributed by atoms with Crippen molar-refractivity contribution in [3.63, 3.8) is 0 Å². The molecule has 4 N–H and O–H groups in total. The molecule has 3 rings (SSSR count). The minimum absolute atomic E-state index is 0.00275. The third-order valence-corrected chi connectivity index (χ3v) is 8.81. The molecular formula is C29H51N3O6. The van der Waals surface area contributed by atoms with Gasteiger partial charge >= 0.3 is 12.0 Å². The first-order valence-corrected chi connectivity index (χ1v) is 14.8. The van der Waals surface area contributed by atoms with Crippen LogP contribution in [-0.2, 0) is 19.1 Å². The summed E-state index contributed by atoms with van der Waals surface area (Å²) in [4.78, 5) is 38.6. The summed E-state index contributed by atoms with van der Waals surface area (Å²) < 4.78 is 11.6. The number of hydrogen-bond acceptors (Lipinski definition) is 5. The minimum Gasteiger partial charge on any atom is -0.481 e. The summed E-state index contributed by atoms with van der Waals surface area (Å²) in [6, 6.07) is -0.432. The van der Waals surface area contributed by atoms with Crippen molar-refractivity contribution in [2.45, 2.75) is 135 Å². The Hall–Kier alpha value is -1.87. The molecule has 1 saturated heterocycles. The van der Waals surface area contributed by atoms with Crippen LogP contribution in [0.3, 0.4) is 0 Å². The lowest BCUT2D eigenvalue weighted by molar-refractivity contribution is -0.304. The Labute approximate surface area is 228 Å². The normalized spacial score (nSPS) is 28.4. The average molecular weight is 538 g/mol. The zero-order chi connectivity index (χ0) is 28.0. The fourth-order valence-electron chi connectivity index (χ4n) is 6.24. The molecule has 38 heavy (non-hydrogen) atoms. The topological polar surface area (TPSA) is 126 Å². The van der Waals surface area contributed by atoms with E-state index in [-0.39, 0.29) is 36.0 Å². The summed E-state index contributed by atoms with van der Waals surface area (Å²) in [5.74, 6) is -3.22. The first kappa shape index (κ1) is 30.7. The highest BCUT2D eigenvalue weighted by molar-refractivity contribution is 5.82. The number of hydrogen-bond donors (Lipinski definition) is 4. The number of aliphatic carboxylic acids is 1. The van der Waals surface area contributed by atoms with E-state index in [0.717, 1.165) is 51.4 Å². The molecule has 2 aliphatic carbocycles. The SMILES string of the molecule is CCCCCCC1(NC(=O)NC2CCCCC2C(CNC(=O)C2OC(C)(C)OCC2(C)C)C(=O)O)CCC1. The molecule has 0 radical (unpaired) electrons. The zero-order valence-electron chi connectivity index (χ0n) is 24.2. The Kier molecular flexibility index (Phi) is 10.5. The lowest BCUT2D eigenvalue weighted by atomic mass is 9.73. The highest BCUT2D eigenvalue weighted by Gasteiger charge is 2.46. The van der Waals surface area contributed by atoms with Crippen molar-refractivity contribution >= 4 is 17.9 Å². The average Bonchev–Trinajstić information content (AvgIpc) is 2.82. The zero-order valence-corrected chi connectivity index (χ0v) is 24.2. The molecular weight excluding hydrogens is 486 g/mol. The van der Waals surface area contributed by atoms with Gasteiger partial charge in [-0.2, -0.15) is 0 Å². The van der Waals surface area contributed by atoms with Gasteiger partial charge in [-0.15, -0.1) is 0 Å². The van der Waals surface area contributed by atoms with Crippen LogP contribution >= 0.6 is 0 Å². The summed E-state index contributed by atoms with van der Waals surface area (Å²) in [5, 5.41) is 19.4. The maximum atomic E-state index is 13.1. The number of nitrogens with one attached hydrogen (secondary N) is 3. The van der Waals surface area contributed by atoms with Gasteiger partial charge in [0, 0.05) is 23.5 Å². The largest absolute Gasteiger partial charge is 0.481 e. The monoisotopic (exact) mass is 537 g/mol. The van der Waals surface area contributed by atoms with Crippen LogP contribution in [0.4, 0.5) is 4.79 Å². The first-order valence-electron chi connectivity index (χ1n) is 14.8. The molecule has 9 nitrogen and oxygen atoms in total. The second kappa shape index (κ2) is 13.0. The molecule has 3 amide bonds. The number of unbranched alkanes of at least 4 members (excludes halogenated alkanes) is 3. The molecule has 0 aromatic carbocycles. The number of rotatable bonds is 12. The highest BCUT2D eigenvalue weighted by atomic mass is 16.7. The molecule has 4 atom stereocenters. The maximum absolute atomic E-state index is 13.1. The Bertz CT molecular complexity index is 825. The number of carboxylic acids is 1. The number of carboxylic acid groups (broad SMARTS) is 1. The van der Waals surface area contributed by atoms with Crippen LogP contribution in [0.25, 0.3) is 0 Å². The third kappa shape index (κ3) is 8.07. The number of carbonyl (C=O) groups excluding carboxylic acids is 2. The van der Waals surface area contributed by atoms with Crippen molar-refractivity contribution in [2.24, 2.45) is 17.3 Å². The molecule has 0 aromatic heterocycles.